The summed E-state index contributed by atoms with van der Waals surface area (Å²) in [6, 6.07) is 12.3. The van der Waals surface area contributed by atoms with E-state index in [1.165, 1.54) is 6.08 Å². The van der Waals surface area contributed by atoms with Crippen LogP contribution in [0.5, 0.6) is 0 Å². The van der Waals surface area contributed by atoms with Crippen molar-refractivity contribution in [1.82, 2.24) is 5.16 Å². The molecule has 1 amide bonds. The molecule has 4 aromatic rings. The van der Waals surface area contributed by atoms with Crippen molar-refractivity contribution in [2.75, 3.05) is 10.6 Å². The van der Waals surface area contributed by atoms with Gasteiger partial charge >= 0.3 is 0 Å². The molecule has 4 rings (SSSR count). The Labute approximate surface area is 235 Å². The third-order valence-corrected chi connectivity index (χ3v) is 9.76. The number of carbonyl (C=O) groups excluding carboxylic acids is 2. The van der Waals surface area contributed by atoms with Gasteiger partial charge in [-0.1, -0.05) is 65.8 Å². The highest BCUT2D eigenvalue weighted by Gasteiger charge is 2.34. The number of hydrogen-bond donors (Lipinski definition) is 2. The van der Waals surface area contributed by atoms with E-state index < -0.39 is 21.1 Å². The van der Waals surface area contributed by atoms with Crippen LogP contribution < -0.4 is 10.6 Å². The number of hydrogen-bond acceptors (Lipinski definition) is 8. The van der Waals surface area contributed by atoms with Crippen molar-refractivity contribution in [3.63, 3.8) is 0 Å². The number of ketones is 1. The Morgan fingerprint density at radius 3 is 2.41 bits per heavy atom. The van der Waals surface area contributed by atoms with Crippen molar-refractivity contribution in [1.29, 1.82) is 0 Å². The zero-order valence-corrected chi connectivity index (χ0v) is 24.1. The van der Waals surface area contributed by atoms with Crippen molar-refractivity contribution in [3.05, 3.63) is 104 Å². The summed E-state index contributed by atoms with van der Waals surface area (Å²) in [6.07, 6.45) is 1.18. The Morgan fingerprint density at radius 2 is 1.79 bits per heavy atom. The lowest BCUT2D eigenvalue weighted by Crippen LogP contribution is -2.29. The molecule has 2 heterocycles. The van der Waals surface area contributed by atoms with Gasteiger partial charge in [0.25, 0.3) is 5.91 Å². The molecule has 0 bridgehead atoms. The minimum Gasteiger partial charge on any atom is -0.337 e. The van der Waals surface area contributed by atoms with Gasteiger partial charge in [0.2, 0.25) is 15.7 Å². The lowest BCUT2D eigenvalue weighted by molar-refractivity contribution is 0.102. The first-order valence-electron chi connectivity index (χ1n) is 11.8. The predicted octanol–water partition coefficient (Wildman–Crippen LogP) is 6.50. The number of halogens is 1. The van der Waals surface area contributed by atoms with E-state index in [2.05, 4.69) is 22.4 Å². The van der Waals surface area contributed by atoms with Crippen LogP contribution in [0.15, 0.2) is 69.9 Å². The first-order valence-corrected chi connectivity index (χ1v) is 14.6. The van der Waals surface area contributed by atoms with Crippen molar-refractivity contribution >= 4 is 56.0 Å². The number of benzene rings is 2. The molecule has 0 radical (unpaired) electrons. The molecule has 0 saturated carbocycles. The highest BCUT2D eigenvalue weighted by atomic mass is 35.5. The number of rotatable bonds is 9. The van der Waals surface area contributed by atoms with E-state index in [0.717, 1.165) is 16.9 Å². The van der Waals surface area contributed by atoms with Crippen molar-refractivity contribution in [3.8, 4) is 0 Å². The maximum atomic E-state index is 13.7. The van der Waals surface area contributed by atoms with Gasteiger partial charge in [0.1, 0.15) is 15.6 Å². The molecule has 2 aromatic carbocycles. The molecule has 0 aliphatic heterocycles. The maximum absolute atomic E-state index is 13.7. The normalized spacial score (nSPS) is 12.1. The minimum absolute atomic E-state index is 0.0270. The number of amides is 1. The number of aryl methyl sites for hydroxylation is 4. The summed E-state index contributed by atoms with van der Waals surface area (Å²) in [5.41, 5.74) is 3.39. The zero-order chi connectivity index (χ0) is 28.5. The lowest BCUT2D eigenvalue weighted by atomic mass is 9.95. The molecule has 1 unspecified atom stereocenters. The second-order valence-corrected chi connectivity index (χ2v) is 12.3. The predicted molar refractivity (Wildman–Crippen MR) is 154 cm³/mol. The molecular weight excluding hydrogens is 558 g/mol. The molecule has 1 atom stereocenters. The van der Waals surface area contributed by atoms with Crippen LogP contribution in [0.3, 0.4) is 0 Å². The first kappa shape index (κ1) is 28.3. The van der Waals surface area contributed by atoms with E-state index in [-0.39, 0.29) is 26.5 Å². The number of thiophene rings is 1. The Bertz CT molecular complexity index is 1690. The van der Waals surface area contributed by atoms with E-state index >= 15 is 0 Å². The fourth-order valence-electron chi connectivity index (χ4n) is 4.19. The Kier molecular flexibility index (Phi) is 8.10. The monoisotopic (exact) mass is 583 g/mol. The van der Waals surface area contributed by atoms with Crippen LogP contribution in [0.4, 0.5) is 11.6 Å². The van der Waals surface area contributed by atoms with E-state index in [4.69, 9.17) is 16.1 Å². The Morgan fingerprint density at radius 1 is 1.10 bits per heavy atom. The molecule has 8 nitrogen and oxygen atoms in total. The highest BCUT2D eigenvalue weighted by molar-refractivity contribution is 7.92. The van der Waals surface area contributed by atoms with Gasteiger partial charge in [-0.15, -0.1) is 11.3 Å². The molecule has 202 valence electrons. The van der Waals surface area contributed by atoms with Crippen molar-refractivity contribution < 1.29 is 22.5 Å². The second-order valence-electron chi connectivity index (χ2n) is 8.99. The van der Waals surface area contributed by atoms with Gasteiger partial charge in [-0.05, 0) is 55.8 Å². The zero-order valence-electron chi connectivity index (χ0n) is 21.7. The van der Waals surface area contributed by atoms with Crippen LogP contribution in [0, 0.1) is 27.7 Å². The maximum Gasteiger partial charge on any atom is 0.267 e. The molecule has 0 saturated heterocycles. The van der Waals surface area contributed by atoms with Crippen LogP contribution in [0.25, 0.3) is 0 Å². The smallest absolute Gasteiger partial charge is 0.267 e. The number of carbonyl (C=O) groups is 2. The molecule has 0 aliphatic carbocycles. The minimum atomic E-state index is -4.19. The largest absolute Gasteiger partial charge is 0.337 e. The quantitative estimate of drug-likeness (QED) is 0.170. The van der Waals surface area contributed by atoms with E-state index in [1.807, 2.05) is 19.1 Å². The number of aromatic nitrogens is 1. The molecule has 2 N–H and O–H groups in total. The number of nitrogens with one attached hydrogen (secondary N) is 2. The number of anilines is 2. The summed E-state index contributed by atoms with van der Waals surface area (Å²) >= 11 is 7.15. The van der Waals surface area contributed by atoms with Crippen LogP contribution in [0.2, 0.25) is 5.02 Å². The Hall–Kier alpha value is -3.73. The molecule has 2 aromatic heterocycles. The number of sulfone groups is 1. The fourth-order valence-corrected chi connectivity index (χ4v) is 7.35. The first-order chi connectivity index (χ1) is 18.4. The molecule has 11 heteroatoms. The second kappa shape index (κ2) is 11.2. The van der Waals surface area contributed by atoms with Gasteiger partial charge in [-0.2, -0.15) is 0 Å². The average Bonchev–Trinajstić information content (AvgIpc) is 3.44. The topological polar surface area (TPSA) is 118 Å². The van der Waals surface area contributed by atoms with Crippen LogP contribution in [0.1, 0.15) is 48.0 Å². The third-order valence-electron chi connectivity index (χ3n) is 6.01. The molecule has 0 fully saturated rings. The average molecular weight is 584 g/mol. The van der Waals surface area contributed by atoms with Crippen LogP contribution in [-0.2, 0) is 9.84 Å². The summed E-state index contributed by atoms with van der Waals surface area (Å²) in [4.78, 5) is 26.8. The van der Waals surface area contributed by atoms with E-state index in [1.54, 1.807) is 56.5 Å². The molecule has 39 heavy (non-hydrogen) atoms. The van der Waals surface area contributed by atoms with E-state index in [0.29, 0.717) is 33.6 Å². The summed E-state index contributed by atoms with van der Waals surface area (Å²) < 4.78 is 32.6. The summed E-state index contributed by atoms with van der Waals surface area (Å²) in [7, 11) is -4.19. The Balaban J connectivity index is 1.72. The van der Waals surface area contributed by atoms with Gasteiger partial charge in [0.05, 0.1) is 10.6 Å². The highest BCUT2D eigenvalue weighted by Crippen LogP contribution is 2.34. The summed E-state index contributed by atoms with van der Waals surface area (Å²) in [5.74, 6) is -0.940. The molecule has 0 aliphatic rings. The standard InChI is InChI=1S/C28H26ClN3O5S2/c1-6-21(31-28-23(29)18(5)32-37-28)39(35,36)26-17(4)14-38-25(26)27(34)30-20-13-15(2)12-16(3)22(20)24(33)19-10-8-7-9-11-19/h6-14,21,31H,1H2,2-5H3,(H,30,34). The molecular formula is C28H26ClN3O5S2. The number of nitrogens with zero attached hydrogens (tertiary/aromatic N) is 1. The van der Waals surface area contributed by atoms with Gasteiger partial charge in [-0.25, -0.2) is 8.42 Å². The molecule has 0 spiro atoms. The summed E-state index contributed by atoms with van der Waals surface area (Å²) in [6.45, 7) is 10.5. The van der Waals surface area contributed by atoms with Gasteiger partial charge in [-0.3, -0.25) is 9.59 Å². The SMILES string of the molecule is C=CC(Nc1onc(C)c1Cl)S(=O)(=O)c1c(C)csc1C(=O)Nc1cc(C)cc(C)c1C(=O)c1ccccc1. The van der Waals surface area contributed by atoms with E-state index in [9.17, 15) is 18.0 Å². The van der Waals surface area contributed by atoms with Gasteiger partial charge < -0.3 is 15.2 Å². The van der Waals surface area contributed by atoms with Crippen molar-refractivity contribution in [2.24, 2.45) is 0 Å². The van der Waals surface area contributed by atoms with Crippen molar-refractivity contribution in [2.45, 2.75) is 38.0 Å². The fraction of sp³-hybridized carbons (Fsp3) is 0.179. The summed E-state index contributed by atoms with van der Waals surface area (Å²) in [5, 5.41) is 9.60. The third kappa shape index (κ3) is 5.54. The van der Waals surface area contributed by atoms with Crippen LogP contribution >= 0.6 is 22.9 Å². The van der Waals surface area contributed by atoms with Gasteiger partial charge in [0.15, 0.2) is 11.2 Å². The van der Waals surface area contributed by atoms with Crippen LogP contribution in [-0.4, -0.2) is 30.6 Å². The lowest BCUT2D eigenvalue weighted by Gasteiger charge is -2.17. The van der Waals surface area contributed by atoms with Gasteiger partial charge in [0, 0.05) is 11.1 Å².